The van der Waals surface area contributed by atoms with Gasteiger partial charge in [-0.05, 0) is 0 Å². The van der Waals surface area contributed by atoms with Crippen LogP contribution in [-0.4, -0.2) is 44.2 Å². The van der Waals surface area contributed by atoms with E-state index < -0.39 is 30.4 Å². The number of carbonyl (C=O) groups excluding carboxylic acids is 2. The van der Waals surface area contributed by atoms with E-state index in [9.17, 15) is 14.4 Å². The molecule has 0 fully saturated rings. The monoisotopic (exact) mass is 256 g/mol. The zero-order chi connectivity index (χ0) is 13.5. The molecule has 0 radical (unpaired) electrons. The van der Waals surface area contributed by atoms with Crippen molar-refractivity contribution >= 4 is 17.9 Å². The number of carbonyl (C=O) groups is 3. The van der Waals surface area contributed by atoms with Crippen molar-refractivity contribution in [2.24, 2.45) is 5.73 Å². The topological polar surface area (TPSA) is 163 Å². The van der Waals surface area contributed by atoms with Crippen LogP contribution in [0.2, 0.25) is 0 Å². The van der Waals surface area contributed by atoms with E-state index in [2.05, 4.69) is 25.8 Å². The van der Waals surface area contributed by atoms with Gasteiger partial charge in [-0.15, -0.1) is 0 Å². The van der Waals surface area contributed by atoms with E-state index in [-0.39, 0.29) is 6.54 Å². The molecule has 6 N–H and O–H groups in total. The number of H-pyrrole nitrogens is 1. The molecule has 1 rings (SSSR count). The van der Waals surface area contributed by atoms with Crippen molar-refractivity contribution in [1.82, 2.24) is 25.8 Å². The summed E-state index contributed by atoms with van der Waals surface area (Å²) in [6.45, 7) is 0.0503. The molecule has 0 aliphatic carbocycles. The minimum absolute atomic E-state index is 0.0503. The van der Waals surface area contributed by atoms with Crippen LogP contribution in [0.15, 0.2) is 6.33 Å². The number of urea groups is 1. The second-order valence-corrected chi connectivity index (χ2v) is 3.32. The number of primary amides is 1. The van der Waals surface area contributed by atoms with Gasteiger partial charge in [0.15, 0.2) is 0 Å². The molecule has 18 heavy (non-hydrogen) atoms. The maximum atomic E-state index is 11.3. The Morgan fingerprint density at radius 3 is 2.72 bits per heavy atom. The first-order valence-corrected chi connectivity index (χ1v) is 4.88. The number of carboxylic acid groups (broad SMARTS) is 1. The Labute approximate surface area is 101 Å². The predicted octanol–water partition coefficient (Wildman–Crippen LogP) is -2.07. The largest absolute Gasteiger partial charge is 0.480 e. The number of aliphatic carboxylic acids is 1. The van der Waals surface area contributed by atoms with Crippen molar-refractivity contribution in [3.63, 3.8) is 0 Å². The van der Waals surface area contributed by atoms with E-state index in [1.165, 1.54) is 6.33 Å². The maximum absolute atomic E-state index is 11.3. The third kappa shape index (κ3) is 4.47. The summed E-state index contributed by atoms with van der Waals surface area (Å²) < 4.78 is 0. The summed E-state index contributed by atoms with van der Waals surface area (Å²) in [5.74, 6) is -1.76. The number of aromatic nitrogens is 3. The molecule has 1 aromatic heterocycles. The normalized spacial score (nSPS) is 11.6. The summed E-state index contributed by atoms with van der Waals surface area (Å²) in [6, 6.07) is -2.11. The molecule has 1 heterocycles. The number of hydrogen-bond acceptors (Lipinski definition) is 5. The molecule has 0 aliphatic heterocycles. The predicted molar refractivity (Wildman–Crippen MR) is 57.0 cm³/mol. The van der Waals surface area contributed by atoms with Gasteiger partial charge in [0.1, 0.15) is 18.2 Å². The van der Waals surface area contributed by atoms with Gasteiger partial charge in [0.2, 0.25) is 5.91 Å². The smallest absolute Gasteiger partial charge is 0.326 e. The highest BCUT2D eigenvalue weighted by atomic mass is 16.4. The Morgan fingerprint density at radius 1 is 1.50 bits per heavy atom. The molecule has 98 valence electrons. The van der Waals surface area contributed by atoms with Crippen LogP contribution in [0.5, 0.6) is 0 Å². The van der Waals surface area contributed by atoms with Crippen LogP contribution in [0.25, 0.3) is 0 Å². The van der Waals surface area contributed by atoms with Gasteiger partial charge in [0.25, 0.3) is 0 Å². The minimum atomic E-state index is -1.36. The van der Waals surface area contributed by atoms with Crippen LogP contribution in [0, 0.1) is 0 Å². The number of nitrogens with zero attached hydrogens (tertiary/aromatic N) is 2. The van der Waals surface area contributed by atoms with E-state index in [0.717, 1.165) is 0 Å². The van der Waals surface area contributed by atoms with Crippen molar-refractivity contribution in [3.8, 4) is 0 Å². The lowest BCUT2D eigenvalue weighted by Crippen LogP contribution is -2.47. The van der Waals surface area contributed by atoms with Crippen LogP contribution in [-0.2, 0) is 16.1 Å². The van der Waals surface area contributed by atoms with Crippen molar-refractivity contribution in [1.29, 1.82) is 0 Å². The van der Waals surface area contributed by atoms with E-state index in [1.54, 1.807) is 0 Å². The number of nitrogens with one attached hydrogen (secondary N) is 3. The average molecular weight is 256 g/mol. The second-order valence-electron chi connectivity index (χ2n) is 3.32. The number of carboxylic acids is 1. The molecule has 0 saturated carbocycles. The molecular formula is C8H12N6O4. The van der Waals surface area contributed by atoms with Crippen LogP contribution < -0.4 is 16.4 Å². The zero-order valence-electron chi connectivity index (χ0n) is 9.21. The molecule has 0 saturated heterocycles. The number of amides is 3. The van der Waals surface area contributed by atoms with Gasteiger partial charge in [-0.1, -0.05) is 0 Å². The fourth-order valence-corrected chi connectivity index (χ4v) is 1.09. The minimum Gasteiger partial charge on any atom is -0.480 e. The van der Waals surface area contributed by atoms with Crippen molar-refractivity contribution < 1.29 is 19.5 Å². The van der Waals surface area contributed by atoms with Gasteiger partial charge in [-0.2, -0.15) is 5.10 Å². The van der Waals surface area contributed by atoms with Gasteiger partial charge in [0.05, 0.1) is 13.0 Å². The first-order valence-electron chi connectivity index (χ1n) is 4.88. The zero-order valence-corrected chi connectivity index (χ0v) is 9.21. The van der Waals surface area contributed by atoms with Crippen molar-refractivity contribution in [2.45, 2.75) is 19.0 Å². The fourth-order valence-electron chi connectivity index (χ4n) is 1.09. The highest BCUT2D eigenvalue weighted by Gasteiger charge is 2.21. The van der Waals surface area contributed by atoms with E-state index in [4.69, 9.17) is 10.8 Å². The first kappa shape index (κ1) is 13.4. The van der Waals surface area contributed by atoms with Crippen LogP contribution in [0.1, 0.15) is 12.2 Å². The summed E-state index contributed by atoms with van der Waals surface area (Å²) >= 11 is 0. The maximum Gasteiger partial charge on any atom is 0.326 e. The molecule has 3 amide bonds. The van der Waals surface area contributed by atoms with Crippen molar-refractivity contribution in [3.05, 3.63) is 12.2 Å². The molecule has 0 aliphatic rings. The Bertz CT molecular complexity index is 431. The summed E-state index contributed by atoms with van der Waals surface area (Å²) in [6.07, 6.45) is 0.785. The average Bonchev–Trinajstić information content (AvgIpc) is 2.77. The lowest BCUT2D eigenvalue weighted by molar-refractivity contribution is -0.140. The van der Waals surface area contributed by atoms with Crippen molar-refractivity contribution in [2.75, 3.05) is 0 Å². The van der Waals surface area contributed by atoms with E-state index >= 15 is 0 Å². The highest BCUT2D eigenvalue weighted by Crippen LogP contribution is 1.92. The van der Waals surface area contributed by atoms with Crippen LogP contribution >= 0.6 is 0 Å². The molecule has 0 bridgehead atoms. The number of hydrogen-bond donors (Lipinski definition) is 5. The third-order valence-corrected chi connectivity index (χ3v) is 1.89. The Kier molecular flexibility index (Phi) is 4.60. The molecule has 1 atom stereocenters. The van der Waals surface area contributed by atoms with Gasteiger partial charge in [-0.25, -0.2) is 14.6 Å². The molecule has 0 aromatic carbocycles. The molecule has 10 nitrogen and oxygen atoms in total. The summed E-state index contributed by atoms with van der Waals surface area (Å²) in [5, 5.41) is 19.3. The number of aromatic amines is 1. The Morgan fingerprint density at radius 2 is 2.22 bits per heavy atom. The Hall–Kier alpha value is -2.65. The van der Waals surface area contributed by atoms with E-state index in [1.807, 2.05) is 0 Å². The lowest BCUT2D eigenvalue weighted by atomic mass is 10.2. The SMILES string of the molecule is NC(=O)C[C@@H](NC(=O)NCc1ncn[nH]1)C(=O)O. The Balaban J connectivity index is 2.41. The molecular weight excluding hydrogens is 244 g/mol. The van der Waals surface area contributed by atoms with Gasteiger partial charge in [0, 0.05) is 0 Å². The molecule has 10 heteroatoms. The summed E-state index contributed by atoms with van der Waals surface area (Å²) in [4.78, 5) is 36.4. The molecule has 0 unspecified atom stereocenters. The molecule has 0 spiro atoms. The third-order valence-electron chi connectivity index (χ3n) is 1.89. The van der Waals surface area contributed by atoms with Gasteiger partial charge in [-0.3, -0.25) is 9.89 Å². The lowest BCUT2D eigenvalue weighted by Gasteiger charge is -2.12. The number of nitrogens with two attached hydrogens (primary N) is 1. The quantitative estimate of drug-likeness (QED) is 0.392. The van der Waals surface area contributed by atoms with Gasteiger partial charge >= 0.3 is 12.0 Å². The number of rotatable bonds is 6. The van der Waals surface area contributed by atoms with E-state index in [0.29, 0.717) is 5.82 Å². The second kappa shape index (κ2) is 6.18. The van der Waals surface area contributed by atoms with Crippen LogP contribution in [0.4, 0.5) is 4.79 Å². The highest BCUT2D eigenvalue weighted by molar-refractivity contribution is 5.87. The standard InChI is InChI=1S/C8H12N6O4/c9-5(15)1-4(7(16)17)13-8(18)10-2-6-11-3-12-14-6/h3-4H,1-2H2,(H2,9,15)(H,16,17)(H2,10,13,18)(H,11,12,14)/t4-/m1/s1. The molecule has 1 aromatic rings. The summed E-state index contributed by atoms with van der Waals surface area (Å²) in [7, 11) is 0. The van der Waals surface area contributed by atoms with Crippen LogP contribution in [0.3, 0.4) is 0 Å². The van der Waals surface area contributed by atoms with Gasteiger partial charge < -0.3 is 21.5 Å². The summed E-state index contributed by atoms with van der Waals surface area (Å²) in [5.41, 5.74) is 4.86. The first-order chi connectivity index (χ1) is 8.49. The fraction of sp³-hybridized carbons (Fsp3) is 0.375.